The predicted molar refractivity (Wildman–Crippen MR) is 82.8 cm³/mol. The van der Waals surface area contributed by atoms with Crippen molar-refractivity contribution in [1.82, 2.24) is 10.1 Å². The molecule has 0 atom stereocenters. The van der Waals surface area contributed by atoms with Crippen molar-refractivity contribution in [2.75, 3.05) is 31.3 Å². The van der Waals surface area contributed by atoms with Crippen LogP contribution in [0.15, 0.2) is 34.9 Å². The molecule has 0 saturated carbocycles. The number of hydrogen-bond donors (Lipinski definition) is 2. The molecular formula is C15H18N4O3. The first-order valence-corrected chi connectivity index (χ1v) is 6.74. The average Bonchev–Trinajstić information content (AvgIpc) is 2.89. The van der Waals surface area contributed by atoms with Crippen LogP contribution in [0.1, 0.15) is 16.1 Å². The molecule has 2 rings (SSSR count). The molecule has 2 amide bonds. The van der Waals surface area contributed by atoms with Crippen LogP contribution >= 0.6 is 0 Å². The normalized spacial score (nSPS) is 10.1. The fraction of sp³-hybridized carbons (Fsp3) is 0.267. The van der Waals surface area contributed by atoms with Crippen molar-refractivity contribution in [2.24, 2.45) is 0 Å². The lowest BCUT2D eigenvalue weighted by atomic mass is 10.2. The highest BCUT2D eigenvalue weighted by Crippen LogP contribution is 2.12. The van der Waals surface area contributed by atoms with Crippen LogP contribution in [0.4, 0.5) is 11.5 Å². The lowest BCUT2D eigenvalue weighted by Gasteiger charge is -2.12. The Morgan fingerprint density at radius 2 is 2.05 bits per heavy atom. The van der Waals surface area contributed by atoms with Gasteiger partial charge >= 0.3 is 0 Å². The Morgan fingerprint density at radius 3 is 2.68 bits per heavy atom. The second-order valence-electron chi connectivity index (χ2n) is 5.00. The van der Waals surface area contributed by atoms with Gasteiger partial charge in [-0.05, 0) is 25.1 Å². The molecule has 22 heavy (non-hydrogen) atoms. The van der Waals surface area contributed by atoms with Crippen molar-refractivity contribution in [1.29, 1.82) is 0 Å². The molecule has 0 aliphatic carbocycles. The Labute approximate surface area is 128 Å². The van der Waals surface area contributed by atoms with E-state index in [4.69, 9.17) is 4.52 Å². The third-order valence-corrected chi connectivity index (χ3v) is 2.86. The summed E-state index contributed by atoms with van der Waals surface area (Å²) >= 11 is 0. The fourth-order valence-corrected chi connectivity index (χ4v) is 1.82. The van der Waals surface area contributed by atoms with Gasteiger partial charge in [-0.3, -0.25) is 9.59 Å². The molecule has 0 bridgehead atoms. The Balaban J connectivity index is 1.92. The molecule has 0 radical (unpaired) electrons. The molecule has 7 nitrogen and oxygen atoms in total. The lowest BCUT2D eigenvalue weighted by Crippen LogP contribution is -2.23. The summed E-state index contributed by atoms with van der Waals surface area (Å²) in [4.78, 5) is 25.2. The van der Waals surface area contributed by atoms with Crippen molar-refractivity contribution in [3.05, 3.63) is 41.7 Å². The summed E-state index contributed by atoms with van der Waals surface area (Å²) in [7, 11) is 3.38. The van der Waals surface area contributed by atoms with E-state index in [1.807, 2.05) is 0 Å². The first kappa shape index (κ1) is 15.6. The Hall–Kier alpha value is -2.83. The number of hydrogen-bond acceptors (Lipinski definition) is 5. The monoisotopic (exact) mass is 302 g/mol. The van der Waals surface area contributed by atoms with Crippen LogP contribution in [0.2, 0.25) is 0 Å². The third-order valence-electron chi connectivity index (χ3n) is 2.86. The number of carbonyl (C=O) groups excluding carboxylic acids is 2. The molecule has 7 heteroatoms. The summed E-state index contributed by atoms with van der Waals surface area (Å²) in [5.41, 5.74) is 1.25. The topological polar surface area (TPSA) is 87.5 Å². The number of rotatable bonds is 5. The number of benzene rings is 1. The van der Waals surface area contributed by atoms with Gasteiger partial charge in [-0.1, -0.05) is 11.2 Å². The maximum Gasteiger partial charge on any atom is 0.253 e. The molecule has 1 aromatic heterocycles. The molecule has 2 aromatic rings. The first-order chi connectivity index (χ1) is 10.5. The Morgan fingerprint density at radius 1 is 1.27 bits per heavy atom. The number of aryl methyl sites for hydroxylation is 1. The molecule has 0 aliphatic heterocycles. The smallest absolute Gasteiger partial charge is 0.253 e. The second kappa shape index (κ2) is 6.75. The van der Waals surface area contributed by atoms with E-state index in [0.717, 1.165) is 0 Å². The Bertz CT molecular complexity index is 679. The van der Waals surface area contributed by atoms with Crippen LogP contribution in [0, 0.1) is 6.92 Å². The zero-order valence-electron chi connectivity index (χ0n) is 12.7. The first-order valence-electron chi connectivity index (χ1n) is 6.74. The minimum atomic E-state index is -0.252. The van der Waals surface area contributed by atoms with E-state index >= 15 is 0 Å². The van der Waals surface area contributed by atoms with E-state index in [1.54, 1.807) is 51.4 Å². The van der Waals surface area contributed by atoms with Crippen LogP contribution < -0.4 is 10.6 Å². The number of nitrogens with zero attached hydrogens (tertiary/aromatic N) is 2. The molecule has 0 fully saturated rings. The van der Waals surface area contributed by atoms with E-state index < -0.39 is 0 Å². The van der Waals surface area contributed by atoms with Crippen molar-refractivity contribution in [3.8, 4) is 0 Å². The summed E-state index contributed by atoms with van der Waals surface area (Å²) in [6, 6.07) is 8.62. The molecule has 1 aromatic carbocycles. The molecule has 0 unspecified atom stereocenters. The van der Waals surface area contributed by atoms with Crippen LogP contribution in [0.5, 0.6) is 0 Å². The molecule has 0 spiro atoms. The average molecular weight is 302 g/mol. The largest absolute Gasteiger partial charge is 0.376 e. The molecule has 0 saturated heterocycles. The standard InChI is InChI=1S/C15H18N4O3/c1-10-7-13(18-22-10)17-14(20)9-16-12-6-4-5-11(8-12)15(21)19(2)3/h4-8,16H,9H2,1-3H3,(H,17,18,20). The van der Waals surface area contributed by atoms with Crippen molar-refractivity contribution < 1.29 is 14.1 Å². The second-order valence-corrected chi connectivity index (χ2v) is 5.00. The van der Waals surface area contributed by atoms with Crippen molar-refractivity contribution in [2.45, 2.75) is 6.92 Å². The molecule has 1 heterocycles. The lowest BCUT2D eigenvalue weighted by molar-refractivity contribution is -0.114. The highest BCUT2D eigenvalue weighted by atomic mass is 16.5. The fourth-order valence-electron chi connectivity index (χ4n) is 1.82. The van der Waals surface area contributed by atoms with E-state index in [1.165, 1.54) is 4.90 Å². The molecule has 0 aliphatic rings. The predicted octanol–water partition coefficient (Wildman–Crippen LogP) is 1.74. The number of carbonyl (C=O) groups is 2. The van der Waals surface area contributed by atoms with Gasteiger partial charge in [-0.15, -0.1) is 0 Å². The quantitative estimate of drug-likeness (QED) is 0.878. The molecular weight excluding hydrogens is 284 g/mol. The highest BCUT2D eigenvalue weighted by molar-refractivity contribution is 5.95. The number of amides is 2. The van der Waals surface area contributed by atoms with Crippen LogP contribution in [0.3, 0.4) is 0 Å². The SMILES string of the molecule is Cc1cc(NC(=O)CNc2cccc(C(=O)N(C)C)c2)no1. The number of anilines is 2. The van der Waals surface area contributed by atoms with E-state index in [-0.39, 0.29) is 18.4 Å². The minimum absolute atomic E-state index is 0.0610. The zero-order chi connectivity index (χ0) is 16.1. The maximum absolute atomic E-state index is 11.9. The minimum Gasteiger partial charge on any atom is -0.376 e. The molecule has 2 N–H and O–H groups in total. The summed E-state index contributed by atoms with van der Waals surface area (Å²) in [5.74, 6) is 0.655. The van der Waals surface area contributed by atoms with Gasteiger partial charge in [0, 0.05) is 31.4 Å². The van der Waals surface area contributed by atoms with Gasteiger partial charge in [0.25, 0.3) is 5.91 Å². The van der Waals surface area contributed by atoms with Gasteiger partial charge in [0.1, 0.15) is 5.76 Å². The maximum atomic E-state index is 11.9. The molecule has 116 valence electrons. The van der Waals surface area contributed by atoms with Gasteiger partial charge in [0.05, 0.1) is 6.54 Å². The summed E-state index contributed by atoms with van der Waals surface area (Å²) in [6.45, 7) is 1.81. The van der Waals surface area contributed by atoms with Gasteiger partial charge in [-0.2, -0.15) is 0 Å². The zero-order valence-corrected chi connectivity index (χ0v) is 12.7. The van der Waals surface area contributed by atoms with Crippen LogP contribution in [-0.4, -0.2) is 42.5 Å². The van der Waals surface area contributed by atoms with Gasteiger partial charge in [0.15, 0.2) is 5.82 Å². The van der Waals surface area contributed by atoms with Crippen LogP contribution in [-0.2, 0) is 4.79 Å². The summed E-state index contributed by atoms with van der Waals surface area (Å²) in [5, 5.41) is 9.25. The van der Waals surface area contributed by atoms with Crippen molar-refractivity contribution >= 4 is 23.3 Å². The van der Waals surface area contributed by atoms with Crippen molar-refractivity contribution in [3.63, 3.8) is 0 Å². The Kier molecular flexibility index (Phi) is 4.77. The highest BCUT2D eigenvalue weighted by Gasteiger charge is 2.09. The van der Waals surface area contributed by atoms with Gasteiger partial charge in [-0.25, -0.2) is 0 Å². The number of aromatic nitrogens is 1. The number of nitrogens with one attached hydrogen (secondary N) is 2. The van der Waals surface area contributed by atoms with Crippen LogP contribution in [0.25, 0.3) is 0 Å². The van der Waals surface area contributed by atoms with E-state index in [2.05, 4.69) is 15.8 Å². The van der Waals surface area contributed by atoms with E-state index in [0.29, 0.717) is 22.8 Å². The third kappa shape index (κ3) is 4.08. The van der Waals surface area contributed by atoms with Gasteiger partial charge < -0.3 is 20.1 Å². The summed E-state index contributed by atoms with van der Waals surface area (Å²) in [6.07, 6.45) is 0. The summed E-state index contributed by atoms with van der Waals surface area (Å²) < 4.78 is 4.87. The van der Waals surface area contributed by atoms with E-state index in [9.17, 15) is 9.59 Å². The van der Waals surface area contributed by atoms with Gasteiger partial charge in [0.2, 0.25) is 5.91 Å².